The van der Waals surface area contributed by atoms with E-state index in [0.29, 0.717) is 0 Å². The molecule has 1 aliphatic rings. The second-order valence-electron chi connectivity index (χ2n) is 3.70. The summed E-state index contributed by atoms with van der Waals surface area (Å²) in [5, 5.41) is 0. The first kappa shape index (κ1) is 10.5. The van der Waals surface area contributed by atoms with Gasteiger partial charge in [0.2, 0.25) is 0 Å². The second-order valence-corrected chi connectivity index (χ2v) is 5.66. The first-order chi connectivity index (χ1) is 6.70. The number of thioether (sulfide) groups is 1. The van der Waals surface area contributed by atoms with Crippen LogP contribution in [0.25, 0.3) is 0 Å². The molecule has 0 saturated carbocycles. The number of hydrogen-bond donors (Lipinski definition) is 1. The van der Waals surface area contributed by atoms with Gasteiger partial charge >= 0.3 is 0 Å². The molecule has 2 N–H and O–H groups in total. The van der Waals surface area contributed by atoms with E-state index in [2.05, 4.69) is 35.0 Å². The molecule has 0 amide bonds. The Morgan fingerprint density at radius 2 is 2.29 bits per heavy atom. The highest BCUT2D eigenvalue weighted by Crippen LogP contribution is 2.35. The van der Waals surface area contributed by atoms with Crippen LogP contribution in [0.4, 0.5) is 0 Å². The topological polar surface area (TPSA) is 26.0 Å². The van der Waals surface area contributed by atoms with Crippen molar-refractivity contribution in [3.05, 3.63) is 33.3 Å². The zero-order chi connectivity index (χ0) is 10.1. The van der Waals surface area contributed by atoms with E-state index in [9.17, 15) is 0 Å². The van der Waals surface area contributed by atoms with Crippen molar-refractivity contribution < 1.29 is 0 Å². The quantitative estimate of drug-likeness (QED) is 0.783. The normalized spacial score (nSPS) is 21.5. The van der Waals surface area contributed by atoms with Crippen LogP contribution in [-0.2, 0) is 5.75 Å². The maximum absolute atomic E-state index is 6.17. The van der Waals surface area contributed by atoms with Crippen molar-refractivity contribution in [1.82, 2.24) is 0 Å². The van der Waals surface area contributed by atoms with Crippen LogP contribution >= 0.6 is 27.7 Å². The molecule has 1 aromatic carbocycles. The van der Waals surface area contributed by atoms with Crippen LogP contribution in [0.1, 0.15) is 29.2 Å². The molecule has 76 valence electrons. The number of aryl methyl sites for hydroxylation is 1. The lowest BCUT2D eigenvalue weighted by Gasteiger charge is -2.16. The Hall–Kier alpha value is 0.01000. The van der Waals surface area contributed by atoms with E-state index in [1.54, 1.807) is 0 Å². The molecule has 2 rings (SSSR count). The molecule has 0 fully saturated rings. The van der Waals surface area contributed by atoms with Crippen molar-refractivity contribution in [3.63, 3.8) is 0 Å². The van der Waals surface area contributed by atoms with Gasteiger partial charge in [-0.25, -0.2) is 0 Å². The minimum atomic E-state index is 0.203. The van der Waals surface area contributed by atoms with Gasteiger partial charge in [0.15, 0.2) is 0 Å². The zero-order valence-corrected chi connectivity index (χ0v) is 10.6. The third-order valence-electron chi connectivity index (χ3n) is 2.73. The molecule has 1 nitrogen and oxygen atoms in total. The molecule has 1 atom stereocenters. The lowest BCUT2D eigenvalue weighted by Crippen LogP contribution is -2.12. The van der Waals surface area contributed by atoms with E-state index < -0.39 is 0 Å². The molecule has 1 aliphatic heterocycles. The molecule has 0 radical (unpaired) electrons. The van der Waals surface area contributed by atoms with Gasteiger partial charge in [-0.1, -0.05) is 22.0 Å². The number of halogens is 1. The average molecular weight is 272 g/mol. The van der Waals surface area contributed by atoms with Gasteiger partial charge in [-0.15, -0.1) is 0 Å². The Morgan fingerprint density at radius 3 is 3.07 bits per heavy atom. The molecule has 14 heavy (non-hydrogen) atoms. The molecule has 0 unspecified atom stereocenters. The van der Waals surface area contributed by atoms with Crippen LogP contribution in [0.15, 0.2) is 16.6 Å². The first-order valence-electron chi connectivity index (χ1n) is 4.81. The highest BCUT2D eigenvalue weighted by Gasteiger charge is 2.19. The second kappa shape index (κ2) is 4.25. The standard InChI is InChI=1S/C11H14BrNS/c1-7-2-3-9(12)11-8(7)6-14-5-4-10(11)13/h2-3,10H,4-6,13H2,1H3/t10-/m0/s1. The molecule has 3 heteroatoms. The Labute approximate surface area is 97.6 Å². The summed E-state index contributed by atoms with van der Waals surface area (Å²) in [5.41, 5.74) is 10.3. The summed E-state index contributed by atoms with van der Waals surface area (Å²) in [6.45, 7) is 2.17. The molecule has 0 aliphatic carbocycles. The SMILES string of the molecule is Cc1ccc(Br)c2c1CSCC[C@@H]2N. The van der Waals surface area contributed by atoms with E-state index in [0.717, 1.165) is 12.2 Å². The Kier molecular flexibility index (Phi) is 3.20. The lowest BCUT2D eigenvalue weighted by molar-refractivity contribution is 0.701. The number of hydrogen-bond acceptors (Lipinski definition) is 2. The zero-order valence-electron chi connectivity index (χ0n) is 8.22. The summed E-state index contributed by atoms with van der Waals surface area (Å²) in [6.07, 6.45) is 1.08. The number of fused-ring (bicyclic) bond motifs is 1. The summed E-state index contributed by atoms with van der Waals surface area (Å²) in [6, 6.07) is 4.49. The fraction of sp³-hybridized carbons (Fsp3) is 0.455. The van der Waals surface area contributed by atoms with E-state index in [4.69, 9.17) is 5.73 Å². The summed E-state index contributed by atoms with van der Waals surface area (Å²) in [5.74, 6) is 2.27. The maximum Gasteiger partial charge on any atom is 0.0317 e. The first-order valence-corrected chi connectivity index (χ1v) is 6.76. The molecule has 0 saturated heterocycles. The van der Waals surface area contributed by atoms with Crippen LogP contribution in [0, 0.1) is 6.92 Å². The fourth-order valence-electron chi connectivity index (χ4n) is 1.87. The molecule has 1 aromatic rings. The molecule has 0 spiro atoms. The van der Waals surface area contributed by atoms with Gasteiger partial charge in [0.05, 0.1) is 0 Å². The van der Waals surface area contributed by atoms with Gasteiger partial charge < -0.3 is 5.73 Å². The summed E-state index contributed by atoms with van der Waals surface area (Å²) in [7, 11) is 0. The third-order valence-corrected chi connectivity index (χ3v) is 4.44. The van der Waals surface area contributed by atoms with Crippen LogP contribution in [0.2, 0.25) is 0 Å². The van der Waals surface area contributed by atoms with Crippen molar-refractivity contribution in [2.75, 3.05) is 5.75 Å². The smallest absolute Gasteiger partial charge is 0.0317 e. The monoisotopic (exact) mass is 271 g/mol. The van der Waals surface area contributed by atoms with Crippen molar-refractivity contribution >= 4 is 27.7 Å². The number of benzene rings is 1. The Morgan fingerprint density at radius 1 is 1.50 bits per heavy atom. The summed E-state index contributed by atoms with van der Waals surface area (Å²) < 4.78 is 1.17. The predicted octanol–water partition coefficient (Wildman–Crippen LogP) is 3.39. The molecule has 0 aromatic heterocycles. The van der Waals surface area contributed by atoms with Gasteiger partial charge in [-0.2, -0.15) is 11.8 Å². The molecular formula is C11H14BrNS. The molecule has 0 bridgehead atoms. The van der Waals surface area contributed by atoms with Gasteiger partial charge in [0.25, 0.3) is 0 Å². The van der Waals surface area contributed by atoms with E-state index >= 15 is 0 Å². The van der Waals surface area contributed by atoms with Crippen LogP contribution in [0.5, 0.6) is 0 Å². The minimum absolute atomic E-state index is 0.203. The summed E-state index contributed by atoms with van der Waals surface area (Å²) >= 11 is 5.59. The molecule has 1 heterocycles. The van der Waals surface area contributed by atoms with Crippen LogP contribution in [-0.4, -0.2) is 5.75 Å². The Bertz CT molecular complexity index is 351. The van der Waals surface area contributed by atoms with Crippen LogP contribution in [0.3, 0.4) is 0 Å². The van der Waals surface area contributed by atoms with Crippen LogP contribution < -0.4 is 5.73 Å². The van der Waals surface area contributed by atoms with Crippen molar-refractivity contribution in [2.45, 2.75) is 25.1 Å². The number of nitrogens with two attached hydrogens (primary N) is 1. The van der Waals surface area contributed by atoms with Gasteiger partial charge in [0, 0.05) is 16.3 Å². The largest absolute Gasteiger partial charge is 0.324 e. The Balaban J connectivity index is 2.57. The van der Waals surface area contributed by atoms with Gasteiger partial charge in [-0.05, 0) is 41.9 Å². The van der Waals surface area contributed by atoms with Crippen molar-refractivity contribution in [3.8, 4) is 0 Å². The van der Waals surface area contributed by atoms with Crippen molar-refractivity contribution in [2.24, 2.45) is 5.73 Å². The highest BCUT2D eigenvalue weighted by atomic mass is 79.9. The van der Waals surface area contributed by atoms with E-state index in [1.807, 2.05) is 11.8 Å². The minimum Gasteiger partial charge on any atom is -0.324 e. The highest BCUT2D eigenvalue weighted by molar-refractivity contribution is 9.10. The number of rotatable bonds is 0. The van der Waals surface area contributed by atoms with E-state index in [1.165, 1.54) is 26.9 Å². The van der Waals surface area contributed by atoms with Crippen molar-refractivity contribution in [1.29, 1.82) is 0 Å². The average Bonchev–Trinajstić information content (AvgIpc) is 2.35. The third kappa shape index (κ3) is 1.86. The lowest BCUT2D eigenvalue weighted by atomic mass is 9.97. The fourth-order valence-corrected chi connectivity index (χ4v) is 3.68. The summed E-state index contributed by atoms with van der Waals surface area (Å²) in [4.78, 5) is 0. The predicted molar refractivity (Wildman–Crippen MR) is 66.6 cm³/mol. The maximum atomic E-state index is 6.17. The van der Waals surface area contributed by atoms with Gasteiger partial charge in [-0.3, -0.25) is 0 Å². The molecular weight excluding hydrogens is 258 g/mol. The van der Waals surface area contributed by atoms with E-state index in [-0.39, 0.29) is 6.04 Å². The van der Waals surface area contributed by atoms with Gasteiger partial charge in [0.1, 0.15) is 0 Å².